The maximum Gasteiger partial charge on any atom is 0.321 e. The van der Waals surface area contributed by atoms with Gasteiger partial charge in [0.1, 0.15) is 5.75 Å². The Morgan fingerprint density at radius 1 is 1.18 bits per heavy atom. The molecule has 1 N–H and O–H groups in total. The molecule has 0 spiro atoms. The SMILES string of the molecule is COc1cccc(-c2ccccc2NC(=O)N(C)C(C)Cc2cnccn2)c1. The van der Waals surface area contributed by atoms with Crippen molar-refractivity contribution in [2.75, 3.05) is 19.5 Å². The van der Waals surface area contributed by atoms with E-state index in [9.17, 15) is 4.79 Å². The summed E-state index contributed by atoms with van der Waals surface area (Å²) in [6.07, 6.45) is 5.65. The Balaban J connectivity index is 1.75. The molecule has 3 rings (SSSR count). The number of likely N-dealkylation sites (N-methyl/N-ethyl adjacent to an activating group) is 1. The molecule has 6 heteroatoms. The van der Waals surface area contributed by atoms with Crippen LogP contribution < -0.4 is 10.1 Å². The maximum atomic E-state index is 12.8. The van der Waals surface area contributed by atoms with Crippen molar-refractivity contribution in [1.82, 2.24) is 14.9 Å². The van der Waals surface area contributed by atoms with E-state index < -0.39 is 0 Å². The third-order valence-corrected chi connectivity index (χ3v) is 4.65. The molecule has 0 aliphatic carbocycles. The molecule has 0 bridgehead atoms. The van der Waals surface area contributed by atoms with Crippen LogP contribution in [0.4, 0.5) is 10.5 Å². The third kappa shape index (κ3) is 4.65. The predicted molar refractivity (Wildman–Crippen MR) is 110 cm³/mol. The zero-order valence-corrected chi connectivity index (χ0v) is 16.3. The number of ether oxygens (including phenoxy) is 1. The van der Waals surface area contributed by atoms with Crippen molar-refractivity contribution in [3.63, 3.8) is 0 Å². The number of hydrogen-bond donors (Lipinski definition) is 1. The van der Waals surface area contributed by atoms with Crippen molar-refractivity contribution in [1.29, 1.82) is 0 Å². The Morgan fingerprint density at radius 2 is 2.00 bits per heavy atom. The van der Waals surface area contributed by atoms with Crippen LogP contribution in [0.5, 0.6) is 5.75 Å². The molecule has 1 atom stereocenters. The first-order valence-electron chi connectivity index (χ1n) is 9.10. The molecule has 1 unspecified atom stereocenters. The number of para-hydroxylation sites is 1. The zero-order valence-electron chi connectivity index (χ0n) is 16.3. The molecule has 1 heterocycles. The van der Waals surface area contributed by atoms with Crippen LogP contribution in [-0.2, 0) is 6.42 Å². The van der Waals surface area contributed by atoms with E-state index in [1.807, 2.05) is 55.5 Å². The summed E-state index contributed by atoms with van der Waals surface area (Å²) in [5, 5.41) is 3.02. The van der Waals surface area contributed by atoms with Crippen molar-refractivity contribution in [2.45, 2.75) is 19.4 Å². The first-order valence-corrected chi connectivity index (χ1v) is 9.10. The Kier molecular flexibility index (Phi) is 6.22. The summed E-state index contributed by atoms with van der Waals surface area (Å²) in [5.74, 6) is 0.772. The normalized spacial score (nSPS) is 11.5. The fraction of sp³-hybridized carbons (Fsp3) is 0.227. The van der Waals surface area contributed by atoms with E-state index in [0.717, 1.165) is 28.3 Å². The lowest BCUT2D eigenvalue weighted by molar-refractivity contribution is 0.207. The Labute approximate surface area is 165 Å². The van der Waals surface area contributed by atoms with Crippen molar-refractivity contribution in [3.05, 3.63) is 72.8 Å². The lowest BCUT2D eigenvalue weighted by atomic mass is 10.0. The van der Waals surface area contributed by atoms with Gasteiger partial charge < -0.3 is 15.0 Å². The molecule has 3 aromatic rings. The van der Waals surface area contributed by atoms with Crippen LogP contribution >= 0.6 is 0 Å². The van der Waals surface area contributed by atoms with E-state index in [-0.39, 0.29) is 12.1 Å². The van der Waals surface area contributed by atoms with Gasteiger partial charge in [0, 0.05) is 43.7 Å². The second-order valence-corrected chi connectivity index (χ2v) is 6.57. The second-order valence-electron chi connectivity index (χ2n) is 6.57. The van der Waals surface area contributed by atoms with E-state index in [4.69, 9.17) is 4.74 Å². The minimum atomic E-state index is -0.174. The van der Waals surface area contributed by atoms with Crippen molar-refractivity contribution in [3.8, 4) is 16.9 Å². The van der Waals surface area contributed by atoms with Gasteiger partial charge in [-0.3, -0.25) is 9.97 Å². The summed E-state index contributed by atoms with van der Waals surface area (Å²) < 4.78 is 5.32. The van der Waals surface area contributed by atoms with Crippen molar-refractivity contribution >= 4 is 11.7 Å². The van der Waals surface area contributed by atoms with Crippen LogP contribution in [0.15, 0.2) is 67.1 Å². The molecule has 2 aromatic carbocycles. The number of nitrogens with zero attached hydrogens (tertiary/aromatic N) is 3. The van der Waals surface area contributed by atoms with Crippen LogP contribution in [0.1, 0.15) is 12.6 Å². The number of urea groups is 1. The number of aromatic nitrogens is 2. The maximum absolute atomic E-state index is 12.8. The molecular weight excluding hydrogens is 352 g/mol. The number of methoxy groups -OCH3 is 1. The first-order chi connectivity index (χ1) is 13.6. The number of nitrogens with one attached hydrogen (secondary N) is 1. The van der Waals surface area contributed by atoms with Crippen molar-refractivity contribution < 1.29 is 9.53 Å². The van der Waals surface area contributed by atoms with E-state index in [1.54, 1.807) is 37.6 Å². The molecule has 6 nitrogen and oxygen atoms in total. The van der Waals surface area contributed by atoms with Crippen LogP contribution in [0.25, 0.3) is 11.1 Å². The lowest BCUT2D eigenvalue weighted by Gasteiger charge is -2.25. The van der Waals surface area contributed by atoms with Gasteiger partial charge in [0.05, 0.1) is 18.5 Å². The number of amides is 2. The van der Waals surface area contributed by atoms with E-state index in [0.29, 0.717) is 6.42 Å². The third-order valence-electron chi connectivity index (χ3n) is 4.65. The molecule has 0 saturated heterocycles. The summed E-state index contributed by atoms with van der Waals surface area (Å²) in [4.78, 5) is 22.8. The molecule has 0 aliphatic heterocycles. The predicted octanol–water partition coefficient (Wildman–Crippen LogP) is 4.25. The highest BCUT2D eigenvalue weighted by molar-refractivity contribution is 5.94. The van der Waals surface area contributed by atoms with Gasteiger partial charge in [0.15, 0.2) is 0 Å². The topological polar surface area (TPSA) is 67.3 Å². The fourth-order valence-corrected chi connectivity index (χ4v) is 2.91. The monoisotopic (exact) mass is 376 g/mol. The zero-order chi connectivity index (χ0) is 19.9. The molecule has 0 aliphatic rings. The largest absolute Gasteiger partial charge is 0.497 e. The number of carbonyl (C=O) groups is 1. The minimum Gasteiger partial charge on any atom is -0.497 e. The van der Waals surface area contributed by atoms with Crippen LogP contribution in [-0.4, -0.2) is 41.1 Å². The van der Waals surface area contributed by atoms with Gasteiger partial charge in [-0.2, -0.15) is 0 Å². The van der Waals surface area contributed by atoms with Crippen molar-refractivity contribution in [2.24, 2.45) is 0 Å². The highest BCUT2D eigenvalue weighted by Gasteiger charge is 2.18. The van der Waals surface area contributed by atoms with Gasteiger partial charge in [-0.05, 0) is 30.7 Å². The number of benzene rings is 2. The summed E-state index contributed by atoms with van der Waals surface area (Å²) in [6.45, 7) is 1.99. The Bertz CT molecular complexity index is 931. The second kappa shape index (κ2) is 8.99. The number of anilines is 1. The molecule has 144 valence electrons. The van der Waals surface area contributed by atoms with Gasteiger partial charge in [0.2, 0.25) is 0 Å². The quantitative estimate of drug-likeness (QED) is 0.698. The summed E-state index contributed by atoms with van der Waals surface area (Å²) in [7, 11) is 3.42. The van der Waals surface area contributed by atoms with Gasteiger partial charge in [0.25, 0.3) is 0 Å². The molecule has 28 heavy (non-hydrogen) atoms. The van der Waals surface area contributed by atoms with E-state index >= 15 is 0 Å². The van der Waals surface area contributed by atoms with Crippen LogP contribution in [0.2, 0.25) is 0 Å². The van der Waals surface area contributed by atoms with Crippen LogP contribution in [0, 0.1) is 0 Å². The average molecular weight is 376 g/mol. The van der Waals surface area contributed by atoms with Gasteiger partial charge >= 0.3 is 6.03 Å². The standard InChI is InChI=1S/C22H24N4O2/c1-16(13-18-15-23-11-12-24-18)26(2)22(27)25-21-10-5-4-9-20(21)17-7-6-8-19(14-17)28-3/h4-12,14-16H,13H2,1-3H3,(H,25,27). The Hall–Kier alpha value is -3.41. The van der Waals surface area contributed by atoms with Gasteiger partial charge in [-0.1, -0.05) is 30.3 Å². The number of rotatable bonds is 6. The number of hydrogen-bond acceptors (Lipinski definition) is 4. The number of carbonyl (C=O) groups excluding carboxylic acids is 1. The minimum absolute atomic E-state index is 0.0271. The molecule has 0 radical (unpaired) electrons. The molecule has 0 saturated carbocycles. The van der Waals surface area contributed by atoms with E-state index in [2.05, 4.69) is 15.3 Å². The molecule has 2 amide bonds. The summed E-state index contributed by atoms with van der Waals surface area (Å²) >= 11 is 0. The van der Waals surface area contributed by atoms with Gasteiger partial charge in [-0.15, -0.1) is 0 Å². The Morgan fingerprint density at radius 3 is 2.75 bits per heavy atom. The molecule has 1 aromatic heterocycles. The smallest absolute Gasteiger partial charge is 0.321 e. The summed E-state index contributed by atoms with van der Waals surface area (Å²) in [6, 6.07) is 15.3. The van der Waals surface area contributed by atoms with E-state index in [1.165, 1.54) is 0 Å². The average Bonchev–Trinajstić information content (AvgIpc) is 2.74. The molecular formula is C22H24N4O2. The summed E-state index contributed by atoms with van der Waals surface area (Å²) in [5.41, 5.74) is 3.51. The molecule has 0 fully saturated rings. The van der Waals surface area contributed by atoms with Gasteiger partial charge in [-0.25, -0.2) is 4.79 Å². The highest BCUT2D eigenvalue weighted by atomic mass is 16.5. The fourth-order valence-electron chi connectivity index (χ4n) is 2.91. The first kappa shape index (κ1) is 19.4. The van der Waals surface area contributed by atoms with Crippen LogP contribution in [0.3, 0.4) is 0 Å². The lowest BCUT2D eigenvalue weighted by Crippen LogP contribution is -2.39. The highest BCUT2D eigenvalue weighted by Crippen LogP contribution is 2.30.